The molecule has 2 rings (SSSR count). The molecule has 0 aliphatic rings. The van der Waals surface area contributed by atoms with E-state index in [0.717, 1.165) is 6.26 Å². The zero-order valence-corrected chi connectivity index (χ0v) is 15.3. The molecule has 0 aliphatic carbocycles. The molecule has 0 aromatic heterocycles. The van der Waals surface area contributed by atoms with E-state index in [0.29, 0.717) is 5.02 Å². The van der Waals surface area contributed by atoms with Crippen LogP contribution >= 0.6 is 23.2 Å². The monoisotopic (exact) mass is 401 g/mol. The Balaban J connectivity index is 1.96. The second kappa shape index (κ2) is 7.86. The minimum atomic E-state index is -3.39. The van der Waals surface area contributed by atoms with E-state index < -0.39 is 28.3 Å². The molecule has 2 aromatic rings. The Morgan fingerprint density at radius 2 is 1.80 bits per heavy atom. The third-order valence-corrected chi connectivity index (χ3v) is 4.88. The average molecular weight is 402 g/mol. The zero-order chi connectivity index (χ0) is 18.6. The number of sulfone groups is 1. The molecule has 0 unspecified atom stereocenters. The molecule has 0 heterocycles. The van der Waals surface area contributed by atoms with Crippen molar-refractivity contribution >= 4 is 50.6 Å². The number of rotatable bonds is 5. The number of esters is 1. The third-order valence-electron chi connectivity index (χ3n) is 3.04. The van der Waals surface area contributed by atoms with Crippen molar-refractivity contribution in [2.45, 2.75) is 4.90 Å². The van der Waals surface area contributed by atoms with Gasteiger partial charge in [-0.1, -0.05) is 29.3 Å². The fourth-order valence-electron chi connectivity index (χ4n) is 1.84. The Hall–Kier alpha value is -2.09. The summed E-state index contributed by atoms with van der Waals surface area (Å²) in [5.74, 6) is -1.35. The number of benzene rings is 2. The topological polar surface area (TPSA) is 89.5 Å². The van der Waals surface area contributed by atoms with Crippen LogP contribution in [0.15, 0.2) is 47.4 Å². The predicted octanol–water partition coefficient (Wildman–Crippen LogP) is 3.19. The Morgan fingerprint density at radius 3 is 2.44 bits per heavy atom. The van der Waals surface area contributed by atoms with Crippen molar-refractivity contribution < 1.29 is 22.7 Å². The highest BCUT2D eigenvalue weighted by molar-refractivity contribution is 7.90. The minimum absolute atomic E-state index is 0.0677. The Bertz CT molecular complexity index is 928. The molecule has 0 saturated carbocycles. The molecule has 132 valence electrons. The fourth-order valence-corrected chi connectivity index (χ4v) is 2.80. The highest BCUT2D eigenvalue weighted by Crippen LogP contribution is 2.23. The van der Waals surface area contributed by atoms with Crippen LogP contribution in [0.1, 0.15) is 10.4 Å². The number of carbonyl (C=O) groups is 2. The number of hydrogen-bond acceptors (Lipinski definition) is 5. The Labute approximate surface area is 154 Å². The van der Waals surface area contributed by atoms with Crippen LogP contribution in [0, 0.1) is 0 Å². The lowest BCUT2D eigenvalue weighted by molar-refractivity contribution is -0.119. The summed E-state index contributed by atoms with van der Waals surface area (Å²) < 4.78 is 27.9. The van der Waals surface area contributed by atoms with Gasteiger partial charge in [0, 0.05) is 11.9 Å². The first-order chi connectivity index (χ1) is 11.7. The van der Waals surface area contributed by atoms with Crippen LogP contribution in [0.4, 0.5) is 5.69 Å². The van der Waals surface area contributed by atoms with Gasteiger partial charge in [0.25, 0.3) is 5.91 Å². The summed E-state index contributed by atoms with van der Waals surface area (Å²) in [7, 11) is -3.39. The van der Waals surface area contributed by atoms with Crippen LogP contribution in [0.5, 0.6) is 0 Å². The smallest absolute Gasteiger partial charge is 0.338 e. The van der Waals surface area contributed by atoms with E-state index in [1.54, 1.807) is 0 Å². The van der Waals surface area contributed by atoms with Crippen LogP contribution in [0.3, 0.4) is 0 Å². The number of carbonyl (C=O) groups excluding carboxylic acids is 2. The molecule has 0 radical (unpaired) electrons. The maximum atomic E-state index is 11.9. The van der Waals surface area contributed by atoms with Gasteiger partial charge in [-0.15, -0.1) is 0 Å². The quantitative estimate of drug-likeness (QED) is 0.776. The Kier molecular flexibility index (Phi) is 6.05. The number of halogens is 2. The summed E-state index contributed by atoms with van der Waals surface area (Å²) in [6.07, 6.45) is 1.06. The summed E-state index contributed by atoms with van der Waals surface area (Å²) in [4.78, 5) is 23.8. The predicted molar refractivity (Wildman–Crippen MR) is 94.9 cm³/mol. The van der Waals surface area contributed by atoms with E-state index in [4.69, 9.17) is 27.9 Å². The highest BCUT2D eigenvalue weighted by atomic mass is 35.5. The van der Waals surface area contributed by atoms with Crippen LogP contribution in [0.2, 0.25) is 10.0 Å². The first-order valence-corrected chi connectivity index (χ1v) is 9.54. The van der Waals surface area contributed by atoms with E-state index in [1.165, 1.54) is 42.5 Å². The average Bonchev–Trinajstić information content (AvgIpc) is 2.54. The molecular weight excluding hydrogens is 389 g/mol. The van der Waals surface area contributed by atoms with Crippen molar-refractivity contribution in [2.24, 2.45) is 0 Å². The van der Waals surface area contributed by atoms with E-state index in [1.807, 2.05) is 0 Å². The number of ether oxygens (including phenoxy) is 1. The van der Waals surface area contributed by atoms with E-state index in [2.05, 4.69) is 5.32 Å². The molecule has 1 amide bonds. The maximum absolute atomic E-state index is 11.9. The van der Waals surface area contributed by atoms with Crippen molar-refractivity contribution in [3.63, 3.8) is 0 Å². The Morgan fingerprint density at radius 1 is 1.08 bits per heavy atom. The lowest BCUT2D eigenvalue weighted by Gasteiger charge is -2.08. The van der Waals surface area contributed by atoms with Gasteiger partial charge in [-0.3, -0.25) is 4.79 Å². The van der Waals surface area contributed by atoms with Gasteiger partial charge in [0.05, 0.1) is 20.5 Å². The lowest BCUT2D eigenvalue weighted by Crippen LogP contribution is -2.21. The van der Waals surface area contributed by atoms with Gasteiger partial charge < -0.3 is 10.1 Å². The van der Waals surface area contributed by atoms with Gasteiger partial charge in [0.2, 0.25) is 0 Å². The van der Waals surface area contributed by atoms with Crippen molar-refractivity contribution in [3.8, 4) is 0 Å². The maximum Gasteiger partial charge on any atom is 0.338 e. The van der Waals surface area contributed by atoms with Gasteiger partial charge in [0.1, 0.15) is 0 Å². The molecule has 25 heavy (non-hydrogen) atoms. The standard InChI is InChI=1S/C16H13Cl2NO5S/c1-25(22,23)12-4-2-3-11(8-12)19-15(20)9-24-16(21)10-5-6-13(17)14(18)7-10/h2-8H,9H2,1H3,(H,19,20). The largest absolute Gasteiger partial charge is 0.452 e. The van der Waals surface area contributed by atoms with Crippen LogP contribution in [0.25, 0.3) is 0 Å². The van der Waals surface area contributed by atoms with Crippen LogP contribution in [-0.4, -0.2) is 33.2 Å². The lowest BCUT2D eigenvalue weighted by atomic mass is 10.2. The summed E-state index contributed by atoms with van der Waals surface area (Å²) in [6.45, 7) is -0.540. The van der Waals surface area contributed by atoms with Crippen molar-refractivity contribution in [1.82, 2.24) is 0 Å². The van der Waals surface area contributed by atoms with Gasteiger partial charge >= 0.3 is 5.97 Å². The first kappa shape index (κ1) is 19.2. The van der Waals surface area contributed by atoms with Gasteiger partial charge in [-0.2, -0.15) is 0 Å². The second-order valence-corrected chi connectivity index (χ2v) is 7.88. The number of anilines is 1. The SMILES string of the molecule is CS(=O)(=O)c1cccc(NC(=O)COC(=O)c2ccc(Cl)c(Cl)c2)c1. The second-order valence-electron chi connectivity index (χ2n) is 5.05. The van der Waals surface area contributed by atoms with E-state index in [-0.39, 0.29) is 21.2 Å². The van der Waals surface area contributed by atoms with Gasteiger partial charge in [0.15, 0.2) is 16.4 Å². The number of hydrogen-bond donors (Lipinski definition) is 1. The molecule has 0 fully saturated rings. The van der Waals surface area contributed by atoms with Crippen LogP contribution < -0.4 is 5.32 Å². The van der Waals surface area contributed by atoms with Gasteiger partial charge in [-0.25, -0.2) is 13.2 Å². The molecule has 0 aliphatic heterocycles. The van der Waals surface area contributed by atoms with Crippen LogP contribution in [-0.2, 0) is 19.4 Å². The van der Waals surface area contributed by atoms with Gasteiger partial charge in [-0.05, 0) is 36.4 Å². The van der Waals surface area contributed by atoms with Crippen molar-refractivity contribution in [3.05, 3.63) is 58.1 Å². The molecule has 0 bridgehead atoms. The number of nitrogens with one attached hydrogen (secondary N) is 1. The molecular formula is C16H13Cl2NO5S. The summed E-state index contributed by atoms with van der Waals surface area (Å²) in [5, 5.41) is 2.94. The van der Waals surface area contributed by atoms with E-state index in [9.17, 15) is 18.0 Å². The number of amides is 1. The van der Waals surface area contributed by atoms with Crippen molar-refractivity contribution in [2.75, 3.05) is 18.2 Å². The minimum Gasteiger partial charge on any atom is -0.452 e. The summed E-state index contributed by atoms with van der Waals surface area (Å²) >= 11 is 11.6. The molecule has 6 nitrogen and oxygen atoms in total. The molecule has 0 atom stereocenters. The third kappa shape index (κ3) is 5.45. The molecule has 0 saturated heterocycles. The summed E-state index contributed by atoms with van der Waals surface area (Å²) in [6, 6.07) is 9.94. The fraction of sp³-hybridized carbons (Fsp3) is 0.125. The molecule has 9 heteroatoms. The highest BCUT2D eigenvalue weighted by Gasteiger charge is 2.13. The molecule has 0 spiro atoms. The van der Waals surface area contributed by atoms with Crippen molar-refractivity contribution in [1.29, 1.82) is 0 Å². The van der Waals surface area contributed by atoms with E-state index >= 15 is 0 Å². The summed E-state index contributed by atoms with van der Waals surface area (Å²) in [5.41, 5.74) is 0.430. The molecule has 2 aromatic carbocycles. The first-order valence-electron chi connectivity index (χ1n) is 6.89. The normalized spacial score (nSPS) is 11.0. The zero-order valence-electron chi connectivity index (χ0n) is 13.0. The molecule has 1 N–H and O–H groups in total.